The van der Waals surface area contributed by atoms with E-state index in [4.69, 9.17) is 5.26 Å². The largest absolute Gasteiger partial charge is 0.370 e. The first-order valence-electron chi connectivity index (χ1n) is 6.23. The lowest BCUT2D eigenvalue weighted by Gasteiger charge is -2.19. The van der Waals surface area contributed by atoms with Crippen LogP contribution in [0.4, 0.5) is 11.4 Å². The van der Waals surface area contributed by atoms with Crippen LogP contribution in [-0.4, -0.2) is 31.6 Å². The van der Waals surface area contributed by atoms with Crippen LogP contribution in [0.3, 0.4) is 0 Å². The van der Waals surface area contributed by atoms with Crippen molar-refractivity contribution < 1.29 is 4.92 Å². The number of nitriles is 1. The molecule has 0 radical (unpaired) electrons. The molecule has 1 aliphatic heterocycles. The topological polar surface area (TPSA) is 82.2 Å². The third-order valence-corrected chi connectivity index (χ3v) is 3.43. The maximum atomic E-state index is 10.7. The quantitative estimate of drug-likeness (QED) is 0.655. The third kappa shape index (κ3) is 2.83. The molecule has 1 fully saturated rings. The summed E-state index contributed by atoms with van der Waals surface area (Å²) in [6.45, 7) is 2.72. The van der Waals surface area contributed by atoms with Crippen LogP contribution in [0.2, 0.25) is 0 Å². The van der Waals surface area contributed by atoms with E-state index in [1.807, 2.05) is 7.05 Å². The molecular weight excluding hydrogens is 244 g/mol. The summed E-state index contributed by atoms with van der Waals surface area (Å²) in [4.78, 5) is 12.4. The first kappa shape index (κ1) is 13.3. The van der Waals surface area contributed by atoms with Gasteiger partial charge in [0.15, 0.2) is 0 Å². The van der Waals surface area contributed by atoms with E-state index in [1.54, 1.807) is 6.07 Å². The Kier molecular flexibility index (Phi) is 3.97. The minimum Gasteiger partial charge on any atom is -0.370 e. The number of nitro benzene ring substituents is 1. The molecule has 100 valence electrons. The van der Waals surface area contributed by atoms with Crippen molar-refractivity contribution in [1.29, 1.82) is 5.26 Å². The van der Waals surface area contributed by atoms with Gasteiger partial charge in [0, 0.05) is 25.2 Å². The van der Waals surface area contributed by atoms with Crippen molar-refractivity contribution in [2.24, 2.45) is 5.92 Å². The van der Waals surface area contributed by atoms with Crippen LogP contribution in [0.1, 0.15) is 12.0 Å². The van der Waals surface area contributed by atoms with Gasteiger partial charge in [-0.25, -0.2) is 0 Å². The minimum absolute atomic E-state index is 0.0359. The van der Waals surface area contributed by atoms with Gasteiger partial charge in [-0.3, -0.25) is 10.1 Å². The van der Waals surface area contributed by atoms with Crippen LogP contribution in [0, 0.1) is 27.4 Å². The number of benzene rings is 1. The van der Waals surface area contributed by atoms with Gasteiger partial charge in [0.05, 0.1) is 16.2 Å². The molecular formula is C13H16N4O2. The van der Waals surface area contributed by atoms with Crippen LogP contribution < -0.4 is 10.2 Å². The molecule has 0 aromatic heterocycles. The highest BCUT2D eigenvalue weighted by molar-refractivity contribution is 5.63. The van der Waals surface area contributed by atoms with Crippen molar-refractivity contribution in [3.05, 3.63) is 33.9 Å². The molecule has 1 aliphatic rings. The lowest BCUT2D eigenvalue weighted by atomic mass is 10.1. The second-order valence-corrected chi connectivity index (χ2v) is 4.73. The summed E-state index contributed by atoms with van der Waals surface area (Å²) in [5, 5.41) is 23.0. The summed E-state index contributed by atoms with van der Waals surface area (Å²) in [6, 6.07) is 6.54. The fourth-order valence-corrected chi connectivity index (χ4v) is 2.51. The van der Waals surface area contributed by atoms with Crippen LogP contribution >= 0.6 is 0 Å². The molecule has 1 atom stereocenters. The summed E-state index contributed by atoms with van der Waals surface area (Å²) in [5.74, 6) is 0.562. The normalized spacial score (nSPS) is 18.3. The van der Waals surface area contributed by atoms with Gasteiger partial charge in [-0.1, -0.05) is 0 Å². The van der Waals surface area contributed by atoms with Gasteiger partial charge in [0.1, 0.15) is 6.07 Å². The lowest BCUT2D eigenvalue weighted by Crippen LogP contribution is -2.24. The maximum absolute atomic E-state index is 10.7. The Morgan fingerprint density at radius 2 is 2.42 bits per heavy atom. The number of nitro groups is 1. The summed E-state index contributed by atoms with van der Waals surface area (Å²) in [6.07, 6.45) is 1.07. The second kappa shape index (κ2) is 5.67. The van der Waals surface area contributed by atoms with Crippen LogP contribution in [0.25, 0.3) is 0 Å². The van der Waals surface area contributed by atoms with E-state index in [2.05, 4.69) is 16.3 Å². The SMILES string of the molecule is CNCC1CCN(c2ccc([N+](=O)[O-])cc2C#N)C1. The van der Waals surface area contributed by atoms with Crippen LogP contribution in [0.15, 0.2) is 18.2 Å². The lowest BCUT2D eigenvalue weighted by molar-refractivity contribution is -0.384. The molecule has 19 heavy (non-hydrogen) atoms. The van der Waals surface area contributed by atoms with E-state index in [0.717, 1.165) is 31.7 Å². The predicted molar refractivity (Wildman–Crippen MR) is 72.1 cm³/mol. The van der Waals surface area contributed by atoms with Crippen molar-refractivity contribution >= 4 is 11.4 Å². The summed E-state index contributed by atoms with van der Waals surface area (Å²) < 4.78 is 0. The molecule has 0 bridgehead atoms. The van der Waals surface area contributed by atoms with Crippen LogP contribution in [-0.2, 0) is 0 Å². The number of nitrogens with zero attached hydrogens (tertiary/aromatic N) is 3. The van der Waals surface area contributed by atoms with Gasteiger partial charge in [0.2, 0.25) is 0 Å². The van der Waals surface area contributed by atoms with Gasteiger partial charge in [-0.05, 0) is 32.0 Å². The van der Waals surface area contributed by atoms with E-state index in [9.17, 15) is 10.1 Å². The molecule has 1 N–H and O–H groups in total. The van der Waals surface area contributed by atoms with Gasteiger partial charge in [0.25, 0.3) is 5.69 Å². The van der Waals surface area contributed by atoms with E-state index < -0.39 is 4.92 Å². The van der Waals surface area contributed by atoms with E-state index in [0.29, 0.717) is 11.5 Å². The van der Waals surface area contributed by atoms with Gasteiger partial charge in [-0.15, -0.1) is 0 Å². The Hall–Kier alpha value is -2.13. The molecule has 0 aliphatic carbocycles. The maximum Gasteiger partial charge on any atom is 0.270 e. The number of hydrogen-bond donors (Lipinski definition) is 1. The van der Waals surface area contributed by atoms with E-state index in [-0.39, 0.29) is 5.69 Å². The Bertz CT molecular complexity index is 524. The Morgan fingerprint density at radius 3 is 3.05 bits per heavy atom. The van der Waals surface area contributed by atoms with Gasteiger partial charge < -0.3 is 10.2 Å². The molecule has 1 aromatic carbocycles. The summed E-state index contributed by atoms with van der Waals surface area (Å²) in [5.41, 5.74) is 1.14. The standard InChI is InChI=1S/C13H16N4O2/c1-15-8-10-4-5-16(9-10)13-3-2-12(17(18)19)6-11(13)7-14/h2-3,6,10,15H,4-5,8-9H2,1H3. The Morgan fingerprint density at radius 1 is 1.63 bits per heavy atom. The van der Waals surface area contributed by atoms with Crippen LogP contribution in [0.5, 0.6) is 0 Å². The first-order valence-corrected chi connectivity index (χ1v) is 6.23. The summed E-state index contributed by atoms with van der Waals surface area (Å²) >= 11 is 0. The number of rotatable bonds is 4. The van der Waals surface area contributed by atoms with Gasteiger partial charge in [-0.2, -0.15) is 5.26 Å². The van der Waals surface area contributed by atoms with Crippen molar-refractivity contribution in [2.75, 3.05) is 31.6 Å². The molecule has 1 saturated heterocycles. The average Bonchev–Trinajstić information content (AvgIpc) is 2.86. The highest BCUT2D eigenvalue weighted by Gasteiger charge is 2.24. The smallest absolute Gasteiger partial charge is 0.270 e. The number of non-ortho nitro benzene ring substituents is 1. The highest BCUT2D eigenvalue weighted by atomic mass is 16.6. The molecule has 1 aromatic rings. The monoisotopic (exact) mass is 260 g/mol. The van der Waals surface area contributed by atoms with Gasteiger partial charge >= 0.3 is 0 Å². The summed E-state index contributed by atoms with van der Waals surface area (Å²) in [7, 11) is 1.93. The molecule has 0 spiro atoms. The Balaban J connectivity index is 2.22. The molecule has 1 heterocycles. The number of nitrogens with one attached hydrogen (secondary N) is 1. The molecule has 6 heteroatoms. The molecule has 6 nitrogen and oxygen atoms in total. The molecule has 0 saturated carbocycles. The number of hydrogen-bond acceptors (Lipinski definition) is 5. The zero-order chi connectivity index (χ0) is 13.8. The minimum atomic E-state index is -0.474. The van der Waals surface area contributed by atoms with E-state index >= 15 is 0 Å². The average molecular weight is 260 g/mol. The Labute approximate surface area is 111 Å². The van der Waals surface area contributed by atoms with Crippen molar-refractivity contribution in [2.45, 2.75) is 6.42 Å². The van der Waals surface area contributed by atoms with E-state index in [1.165, 1.54) is 12.1 Å². The molecule has 0 amide bonds. The molecule has 2 rings (SSSR count). The first-order chi connectivity index (χ1) is 9.15. The fourth-order valence-electron chi connectivity index (χ4n) is 2.51. The molecule has 1 unspecified atom stereocenters. The second-order valence-electron chi connectivity index (χ2n) is 4.73. The van der Waals surface area contributed by atoms with Crippen molar-refractivity contribution in [3.63, 3.8) is 0 Å². The van der Waals surface area contributed by atoms with Crippen molar-refractivity contribution in [1.82, 2.24) is 5.32 Å². The fraction of sp³-hybridized carbons (Fsp3) is 0.462. The zero-order valence-corrected chi connectivity index (χ0v) is 10.8. The zero-order valence-electron chi connectivity index (χ0n) is 10.8. The van der Waals surface area contributed by atoms with Crippen molar-refractivity contribution in [3.8, 4) is 6.07 Å². The highest BCUT2D eigenvalue weighted by Crippen LogP contribution is 2.29. The predicted octanol–water partition coefficient (Wildman–Crippen LogP) is 1.51. The number of anilines is 1. The third-order valence-electron chi connectivity index (χ3n) is 3.43.